The number of hydrogen-bond donors (Lipinski definition) is 1. The summed E-state index contributed by atoms with van der Waals surface area (Å²) < 4.78 is 12.1. The second-order valence-electron chi connectivity index (χ2n) is 1.11. The number of hydrogen-bond acceptors (Lipinski definition) is 1. The van der Waals surface area contributed by atoms with Crippen LogP contribution in [0, 0.1) is 0 Å². The summed E-state index contributed by atoms with van der Waals surface area (Å²) in [6.07, 6.45) is 2.56. The first kappa shape index (κ1) is 7.69. The van der Waals surface area contributed by atoms with Gasteiger partial charge in [-0.3, -0.25) is 0 Å². The molecule has 0 amide bonds. The molecule has 0 aromatic heterocycles. The summed E-state index contributed by atoms with van der Waals surface area (Å²) in [6.45, 7) is 0. The Morgan fingerprint density at radius 1 is 1.75 bits per heavy atom. The van der Waals surface area contributed by atoms with Crippen molar-refractivity contribution in [1.29, 1.82) is 0 Å². The van der Waals surface area contributed by atoms with Crippen LogP contribution in [0.25, 0.3) is 0 Å². The van der Waals surface area contributed by atoms with Crippen LogP contribution in [0.5, 0.6) is 0 Å². The maximum atomic E-state index is 12.1. The highest BCUT2D eigenvalue weighted by Gasteiger charge is 1.79. The quantitative estimate of drug-likeness (QED) is 0.640. The third kappa shape index (κ3) is 3.87. The van der Waals surface area contributed by atoms with Crippen molar-refractivity contribution >= 4 is 15.9 Å². The van der Waals surface area contributed by atoms with Crippen molar-refractivity contribution in [3.63, 3.8) is 0 Å². The molecular formula is C5H7BrFN. The van der Waals surface area contributed by atoms with Crippen molar-refractivity contribution in [2.45, 2.75) is 0 Å². The van der Waals surface area contributed by atoms with E-state index in [1.807, 2.05) is 0 Å². The van der Waals surface area contributed by atoms with E-state index in [-0.39, 0.29) is 5.83 Å². The molecule has 1 nitrogen and oxygen atoms in total. The van der Waals surface area contributed by atoms with Gasteiger partial charge < -0.3 is 5.32 Å². The molecular weight excluding hydrogens is 173 g/mol. The monoisotopic (exact) mass is 179 g/mol. The van der Waals surface area contributed by atoms with Crippen molar-refractivity contribution < 1.29 is 4.39 Å². The van der Waals surface area contributed by atoms with Gasteiger partial charge in [-0.1, -0.05) is 15.9 Å². The molecule has 1 N–H and O–H groups in total. The van der Waals surface area contributed by atoms with E-state index in [9.17, 15) is 4.39 Å². The minimum absolute atomic E-state index is 0.302. The van der Waals surface area contributed by atoms with Crippen LogP contribution in [0.4, 0.5) is 4.39 Å². The highest BCUT2D eigenvalue weighted by molar-refractivity contribution is 9.11. The zero-order valence-corrected chi connectivity index (χ0v) is 6.07. The van der Waals surface area contributed by atoms with E-state index in [0.29, 0.717) is 0 Å². The van der Waals surface area contributed by atoms with Crippen LogP contribution in [-0.2, 0) is 0 Å². The fourth-order valence-corrected chi connectivity index (χ4v) is 0.499. The van der Waals surface area contributed by atoms with Crippen LogP contribution in [0.3, 0.4) is 0 Å². The Morgan fingerprint density at radius 2 is 2.38 bits per heavy atom. The Kier molecular flexibility index (Phi) is 4.65. The molecule has 3 heteroatoms. The van der Waals surface area contributed by atoms with Crippen LogP contribution < -0.4 is 5.32 Å². The topological polar surface area (TPSA) is 12.0 Å². The largest absolute Gasteiger partial charge is 0.392 e. The molecule has 0 aliphatic carbocycles. The first-order valence-corrected chi connectivity index (χ1v) is 3.02. The predicted octanol–water partition coefficient (Wildman–Crippen LogP) is 1.93. The maximum Gasteiger partial charge on any atom is 0.139 e. The zero-order valence-electron chi connectivity index (χ0n) is 4.49. The molecule has 0 fully saturated rings. The van der Waals surface area contributed by atoms with E-state index in [0.717, 1.165) is 0 Å². The van der Waals surface area contributed by atoms with Crippen molar-refractivity contribution in [3.8, 4) is 0 Å². The smallest absolute Gasteiger partial charge is 0.139 e. The molecule has 0 unspecified atom stereocenters. The van der Waals surface area contributed by atoms with Gasteiger partial charge in [0.25, 0.3) is 0 Å². The molecule has 0 atom stereocenters. The van der Waals surface area contributed by atoms with Crippen LogP contribution >= 0.6 is 15.9 Å². The van der Waals surface area contributed by atoms with Gasteiger partial charge >= 0.3 is 0 Å². The Labute approximate surface area is 56.4 Å². The average Bonchev–Trinajstić information content (AvgIpc) is 1.68. The van der Waals surface area contributed by atoms with Gasteiger partial charge in [0.05, 0.1) is 0 Å². The SMILES string of the molecule is CN/C=C(F)\C=C\Br. The maximum absolute atomic E-state index is 12.1. The summed E-state index contributed by atoms with van der Waals surface area (Å²) in [5, 5.41) is 2.54. The summed E-state index contributed by atoms with van der Waals surface area (Å²) in [5.41, 5.74) is 0. The highest BCUT2D eigenvalue weighted by atomic mass is 79.9. The van der Waals surface area contributed by atoms with E-state index in [1.54, 1.807) is 7.05 Å². The highest BCUT2D eigenvalue weighted by Crippen LogP contribution is 1.97. The van der Waals surface area contributed by atoms with Gasteiger partial charge in [0.1, 0.15) is 5.83 Å². The first-order chi connectivity index (χ1) is 3.81. The molecule has 0 aromatic rings. The molecule has 0 saturated carbocycles. The third-order valence-electron chi connectivity index (χ3n) is 0.504. The molecule has 8 heavy (non-hydrogen) atoms. The Morgan fingerprint density at radius 3 is 2.75 bits per heavy atom. The van der Waals surface area contributed by atoms with Crippen molar-refractivity contribution in [2.24, 2.45) is 0 Å². The molecule has 46 valence electrons. The summed E-state index contributed by atoms with van der Waals surface area (Å²) >= 11 is 2.93. The van der Waals surface area contributed by atoms with E-state index < -0.39 is 0 Å². The molecule has 0 aromatic carbocycles. The number of nitrogens with one attached hydrogen (secondary N) is 1. The van der Waals surface area contributed by atoms with Gasteiger partial charge in [-0.2, -0.15) is 0 Å². The van der Waals surface area contributed by atoms with Crippen LogP contribution in [0.2, 0.25) is 0 Å². The molecule has 0 spiro atoms. The fourth-order valence-electron chi connectivity index (χ4n) is 0.246. The fraction of sp³-hybridized carbons (Fsp3) is 0.200. The lowest BCUT2D eigenvalue weighted by atomic mass is 10.5. The Bertz CT molecular complexity index is 109. The lowest BCUT2D eigenvalue weighted by molar-refractivity contribution is 0.658. The molecule has 0 radical (unpaired) electrons. The summed E-state index contributed by atoms with van der Waals surface area (Å²) in [4.78, 5) is 1.45. The summed E-state index contributed by atoms with van der Waals surface area (Å²) in [7, 11) is 1.64. The van der Waals surface area contributed by atoms with Gasteiger partial charge in [0.2, 0.25) is 0 Å². The van der Waals surface area contributed by atoms with Gasteiger partial charge in [-0.05, 0) is 11.1 Å². The normalized spacial score (nSPS) is 12.6. The number of allylic oxidation sites excluding steroid dienone is 2. The van der Waals surface area contributed by atoms with Gasteiger partial charge in [-0.25, -0.2) is 4.39 Å². The van der Waals surface area contributed by atoms with E-state index >= 15 is 0 Å². The van der Waals surface area contributed by atoms with Crippen LogP contribution in [0.1, 0.15) is 0 Å². The van der Waals surface area contributed by atoms with Crippen molar-refractivity contribution in [1.82, 2.24) is 5.32 Å². The molecule has 0 aliphatic heterocycles. The van der Waals surface area contributed by atoms with E-state index in [4.69, 9.17) is 0 Å². The zero-order chi connectivity index (χ0) is 6.41. The lowest BCUT2D eigenvalue weighted by Crippen LogP contribution is -1.91. The standard InChI is InChI=1S/C5H7BrFN/c1-8-4-5(7)2-3-6/h2-4,8H,1H3/b3-2+,5-4+. The molecule has 0 bridgehead atoms. The number of rotatable bonds is 2. The van der Waals surface area contributed by atoms with Gasteiger partial charge in [0, 0.05) is 13.2 Å². The van der Waals surface area contributed by atoms with Crippen molar-refractivity contribution in [3.05, 3.63) is 23.1 Å². The number of halogens is 2. The van der Waals surface area contributed by atoms with E-state index in [1.165, 1.54) is 17.3 Å². The average molecular weight is 180 g/mol. The van der Waals surface area contributed by atoms with Crippen molar-refractivity contribution in [2.75, 3.05) is 7.05 Å². The van der Waals surface area contributed by atoms with Crippen LogP contribution in [-0.4, -0.2) is 7.05 Å². The minimum atomic E-state index is -0.302. The second kappa shape index (κ2) is 4.84. The van der Waals surface area contributed by atoms with Gasteiger partial charge in [0.15, 0.2) is 0 Å². The van der Waals surface area contributed by atoms with Crippen LogP contribution in [0.15, 0.2) is 23.1 Å². The minimum Gasteiger partial charge on any atom is -0.392 e. The summed E-state index contributed by atoms with van der Waals surface area (Å²) in [5.74, 6) is -0.302. The first-order valence-electron chi connectivity index (χ1n) is 2.11. The molecule has 0 aliphatic rings. The Hall–Kier alpha value is -0.310. The molecule has 0 heterocycles. The second-order valence-corrected chi connectivity index (χ2v) is 1.64. The molecule has 0 saturated heterocycles. The third-order valence-corrected chi connectivity index (χ3v) is 0.769. The Balaban J connectivity index is 3.61. The lowest BCUT2D eigenvalue weighted by Gasteiger charge is -1.84. The predicted molar refractivity (Wildman–Crippen MR) is 36.3 cm³/mol. The molecule has 0 rings (SSSR count). The van der Waals surface area contributed by atoms with Gasteiger partial charge in [-0.15, -0.1) is 0 Å². The van der Waals surface area contributed by atoms with E-state index in [2.05, 4.69) is 21.2 Å². The summed E-state index contributed by atoms with van der Waals surface area (Å²) in [6, 6.07) is 0.